The van der Waals surface area contributed by atoms with E-state index < -0.39 is 72.2 Å². The molecule has 17 atom stereocenters. The third-order valence-electron chi connectivity index (χ3n) is 15.3. The highest BCUT2D eigenvalue weighted by Gasteiger charge is 2.74. The van der Waals surface area contributed by atoms with Crippen LogP contribution in [0.3, 0.4) is 0 Å². The highest BCUT2D eigenvalue weighted by molar-refractivity contribution is 5.22. The maximum atomic E-state index is 12.2. The summed E-state index contributed by atoms with van der Waals surface area (Å²) < 4.78 is 19.4. The van der Waals surface area contributed by atoms with E-state index in [1.807, 2.05) is 0 Å². The molecule has 4 aliphatic carbocycles. The second-order valence-corrected chi connectivity index (χ2v) is 18.4. The number of ether oxygens (including phenoxy) is 3. The first-order valence-corrected chi connectivity index (χ1v) is 17.9. The molecule has 10 heteroatoms. The van der Waals surface area contributed by atoms with Crippen LogP contribution < -0.4 is 0 Å². The van der Waals surface area contributed by atoms with Gasteiger partial charge in [0.15, 0.2) is 6.29 Å². The van der Waals surface area contributed by atoms with Crippen LogP contribution in [0.4, 0.5) is 0 Å². The van der Waals surface area contributed by atoms with Crippen molar-refractivity contribution in [1.29, 1.82) is 0 Å². The molecule has 6 aliphatic rings. The molecule has 0 aromatic carbocycles. The topological polar surface area (TPSA) is 169 Å². The van der Waals surface area contributed by atoms with Crippen molar-refractivity contribution in [1.82, 2.24) is 0 Å². The zero-order chi connectivity index (χ0) is 34.0. The van der Waals surface area contributed by atoms with Gasteiger partial charge in [0.05, 0.1) is 42.2 Å². The number of aliphatic hydroxyl groups excluding tert-OH is 6. The highest BCUT2D eigenvalue weighted by Crippen LogP contribution is 2.76. The Morgan fingerprint density at radius 2 is 1.50 bits per heavy atom. The molecule has 0 aromatic rings. The van der Waals surface area contributed by atoms with Crippen molar-refractivity contribution in [2.45, 2.75) is 173 Å². The molecule has 0 spiro atoms. The molecule has 0 unspecified atom stereocenters. The predicted molar refractivity (Wildman–Crippen MR) is 169 cm³/mol. The van der Waals surface area contributed by atoms with Crippen LogP contribution in [0.25, 0.3) is 0 Å². The van der Waals surface area contributed by atoms with Gasteiger partial charge in [0, 0.05) is 0 Å². The van der Waals surface area contributed by atoms with Crippen LogP contribution in [-0.2, 0) is 14.2 Å². The first kappa shape index (κ1) is 35.4. The van der Waals surface area contributed by atoms with Crippen LogP contribution in [0.15, 0.2) is 0 Å². The fourth-order valence-electron chi connectivity index (χ4n) is 12.7. The van der Waals surface area contributed by atoms with Gasteiger partial charge in [-0.3, -0.25) is 0 Å². The molecule has 0 amide bonds. The fourth-order valence-corrected chi connectivity index (χ4v) is 12.7. The minimum atomic E-state index is -1.54. The number of hydrogen-bond donors (Lipinski definition) is 7. The Hall–Kier alpha value is -0.400. The summed E-state index contributed by atoms with van der Waals surface area (Å²) in [5, 5.41) is 76.4. The van der Waals surface area contributed by atoms with Crippen LogP contribution in [0.5, 0.6) is 0 Å². The Labute approximate surface area is 274 Å². The van der Waals surface area contributed by atoms with E-state index in [0.717, 1.165) is 32.1 Å². The van der Waals surface area contributed by atoms with Crippen molar-refractivity contribution in [3.63, 3.8) is 0 Å². The van der Waals surface area contributed by atoms with E-state index in [4.69, 9.17) is 14.2 Å². The Bertz CT molecular complexity index is 1140. The Kier molecular flexibility index (Phi) is 8.71. The molecular formula is C36H62O10. The van der Waals surface area contributed by atoms with E-state index in [1.54, 1.807) is 13.8 Å². The minimum absolute atomic E-state index is 0.0189. The van der Waals surface area contributed by atoms with Gasteiger partial charge in [0.2, 0.25) is 0 Å². The zero-order valence-electron chi connectivity index (χ0n) is 29.2. The fraction of sp³-hybridized carbons (Fsp3) is 1.00. The molecule has 10 nitrogen and oxygen atoms in total. The van der Waals surface area contributed by atoms with E-state index in [9.17, 15) is 35.7 Å². The molecule has 4 saturated carbocycles. The lowest BCUT2D eigenvalue weighted by Crippen LogP contribution is -2.71. The first-order chi connectivity index (χ1) is 21.2. The van der Waals surface area contributed by atoms with Crippen LogP contribution in [0.2, 0.25) is 0 Å². The third kappa shape index (κ3) is 4.94. The summed E-state index contributed by atoms with van der Waals surface area (Å²) in [6.45, 7) is 16.4. The van der Waals surface area contributed by atoms with Gasteiger partial charge < -0.3 is 50.0 Å². The average Bonchev–Trinajstić information content (AvgIpc) is 3.55. The summed E-state index contributed by atoms with van der Waals surface area (Å²) in [6, 6.07) is 0. The van der Waals surface area contributed by atoms with Gasteiger partial charge in [-0.2, -0.15) is 0 Å². The quantitative estimate of drug-likeness (QED) is 0.219. The van der Waals surface area contributed by atoms with Crippen molar-refractivity contribution < 1.29 is 50.0 Å². The van der Waals surface area contributed by atoms with E-state index in [1.165, 1.54) is 0 Å². The van der Waals surface area contributed by atoms with Crippen molar-refractivity contribution >= 4 is 0 Å². The summed E-state index contributed by atoms with van der Waals surface area (Å²) in [5.41, 5.74) is -2.83. The summed E-state index contributed by atoms with van der Waals surface area (Å²) in [5.74, 6) is 0.0944. The van der Waals surface area contributed by atoms with Gasteiger partial charge in [0.25, 0.3) is 0 Å². The zero-order valence-corrected chi connectivity index (χ0v) is 29.2. The maximum absolute atomic E-state index is 12.2. The van der Waals surface area contributed by atoms with Crippen molar-refractivity contribution in [3.8, 4) is 0 Å². The molecule has 0 bridgehead atoms. The first-order valence-electron chi connectivity index (χ1n) is 17.9. The average molecular weight is 655 g/mol. The van der Waals surface area contributed by atoms with Crippen LogP contribution in [0.1, 0.15) is 107 Å². The van der Waals surface area contributed by atoms with E-state index in [2.05, 4.69) is 41.5 Å². The largest absolute Gasteiger partial charge is 0.394 e. The van der Waals surface area contributed by atoms with Gasteiger partial charge in [-0.15, -0.1) is 0 Å². The summed E-state index contributed by atoms with van der Waals surface area (Å²) in [6.07, 6.45) is -2.57. The lowest BCUT2D eigenvalue weighted by molar-refractivity contribution is -0.347. The molecule has 2 aliphatic heterocycles. The highest BCUT2D eigenvalue weighted by atomic mass is 16.7. The number of hydrogen-bond acceptors (Lipinski definition) is 10. The molecule has 6 fully saturated rings. The second kappa shape index (κ2) is 11.3. The number of rotatable bonds is 5. The van der Waals surface area contributed by atoms with Gasteiger partial charge >= 0.3 is 0 Å². The van der Waals surface area contributed by atoms with Gasteiger partial charge in [-0.1, -0.05) is 34.6 Å². The monoisotopic (exact) mass is 654 g/mol. The molecule has 0 radical (unpaired) electrons. The van der Waals surface area contributed by atoms with Gasteiger partial charge in [0.1, 0.15) is 24.4 Å². The number of fused-ring (bicyclic) bond motifs is 5. The molecule has 2 saturated heterocycles. The Morgan fingerprint density at radius 3 is 2.11 bits per heavy atom. The van der Waals surface area contributed by atoms with E-state index in [-0.39, 0.29) is 46.0 Å². The molecule has 6 rings (SSSR count). The Balaban J connectivity index is 1.38. The molecule has 46 heavy (non-hydrogen) atoms. The molecule has 266 valence electrons. The normalized spacial score (nSPS) is 57.1. The summed E-state index contributed by atoms with van der Waals surface area (Å²) >= 11 is 0. The van der Waals surface area contributed by atoms with Gasteiger partial charge in [-0.05, 0) is 117 Å². The number of aliphatic hydroxyl groups is 7. The lowest BCUT2D eigenvalue weighted by Gasteiger charge is -2.72. The van der Waals surface area contributed by atoms with Crippen molar-refractivity contribution in [3.05, 3.63) is 0 Å². The minimum Gasteiger partial charge on any atom is -0.394 e. The molecule has 0 aromatic heterocycles. The van der Waals surface area contributed by atoms with Crippen molar-refractivity contribution in [2.24, 2.45) is 45.3 Å². The van der Waals surface area contributed by atoms with Crippen molar-refractivity contribution in [2.75, 3.05) is 6.61 Å². The second-order valence-electron chi connectivity index (χ2n) is 18.4. The molecule has 7 N–H and O–H groups in total. The maximum Gasteiger partial charge on any atom is 0.186 e. The molecular weight excluding hydrogens is 592 g/mol. The van der Waals surface area contributed by atoms with Gasteiger partial charge in [-0.25, -0.2) is 0 Å². The van der Waals surface area contributed by atoms with E-state index >= 15 is 0 Å². The Morgan fingerprint density at radius 1 is 0.826 bits per heavy atom. The van der Waals surface area contributed by atoms with Crippen LogP contribution >= 0.6 is 0 Å². The molecule has 2 heterocycles. The standard InChI is InChI=1S/C36H62O10/c1-31(2)23(39)10-12-33(5)22-15-19(38)25-18(36(8)14-11-24(46-36)32(3,4)43)9-13-34(25,6)35(22,7)16-20(29(31)33)44-30-28(42)27(41)26(40)21(17-37)45-30/h18-30,37-43H,9-17H2,1-8H3/t18-,19+,20-,21+,22+,23+,24+,25-,26+,27-,28+,29+,30+,33-,34+,35+,36-/m0/s1. The smallest absolute Gasteiger partial charge is 0.186 e. The summed E-state index contributed by atoms with van der Waals surface area (Å²) in [7, 11) is 0. The van der Waals surface area contributed by atoms with E-state index in [0.29, 0.717) is 19.3 Å². The summed E-state index contributed by atoms with van der Waals surface area (Å²) in [4.78, 5) is 0. The predicted octanol–water partition coefficient (Wildman–Crippen LogP) is 2.51. The third-order valence-corrected chi connectivity index (χ3v) is 15.3. The lowest BCUT2D eigenvalue weighted by atomic mass is 9.34. The SMILES string of the molecule is CC(C)(O)[C@H]1CC[C@@](C)([C@H]2CC[C@]3(C)[C@@H]2[C@H](O)C[C@@H]2[C@]4(C)CC[C@@H](O)C(C)(C)[C@H]4[C@@H](O[C@@H]4O[C@H](CO)[C@@H](O)[C@H](O)[C@H]4O)C[C@]23C)O1. The van der Waals surface area contributed by atoms with Crippen LogP contribution in [-0.4, -0.2) is 109 Å². The van der Waals surface area contributed by atoms with Crippen LogP contribution in [0, 0.1) is 45.3 Å².